The molecule has 0 spiro atoms. The van der Waals surface area contributed by atoms with E-state index in [-0.39, 0.29) is 0 Å². The van der Waals surface area contributed by atoms with Crippen molar-refractivity contribution >= 4 is 5.97 Å². The Labute approximate surface area is 148 Å². The van der Waals surface area contributed by atoms with Crippen LogP contribution in [0.2, 0.25) is 0 Å². The number of nitrogens with zero attached hydrogens (tertiary/aromatic N) is 1. The second-order valence-corrected chi connectivity index (χ2v) is 6.73. The zero-order chi connectivity index (χ0) is 17.9. The van der Waals surface area contributed by atoms with Gasteiger partial charge in [0.2, 0.25) is 0 Å². The molecule has 1 heterocycles. The molecule has 0 saturated carbocycles. The number of carboxylic acids is 1. The van der Waals surface area contributed by atoms with E-state index in [2.05, 4.69) is 0 Å². The molecular formula is C21H25NO3. The van der Waals surface area contributed by atoms with E-state index in [1.165, 1.54) is 0 Å². The van der Waals surface area contributed by atoms with Gasteiger partial charge < -0.3 is 10.2 Å². The second-order valence-electron chi connectivity index (χ2n) is 6.73. The van der Waals surface area contributed by atoms with Gasteiger partial charge in [-0.15, -0.1) is 0 Å². The third-order valence-electron chi connectivity index (χ3n) is 5.27. The van der Waals surface area contributed by atoms with Gasteiger partial charge in [0.1, 0.15) is 6.04 Å². The maximum absolute atomic E-state index is 12.0. The van der Waals surface area contributed by atoms with Crippen molar-refractivity contribution in [3.8, 4) is 0 Å². The van der Waals surface area contributed by atoms with E-state index in [0.29, 0.717) is 25.9 Å². The molecule has 2 aromatic rings. The number of aliphatic carboxylic acids is 1. The molecule has 0 radical (unpaired) electrons. The molecular weight excluding hydrogens is 314 g/mol. The summed E-state index contributed by atoms with van der Waals surface area (Å²) in [4.78, 5) is 14.0. The van der Waals surface area contributed by atoms with Crippen LogP contribution in [0.1, 0.15) is 42.5 Å². The molecule has 2 aromatic carbocycles. The molecule has 25 heavy (non-hydrogen) atoms. The van der Waals surface area contributed by atoms with Gasteiger partial charge in [0, 0.05) is 13.1 Å². The van der Waals surface area contributed by atoms with Crippen LogP contribution in [0.3, 0.4) is 0 Å². The number of hydrogen-bond donors (Lipinski definition) is 2. The Hall–Kier alpha value is -2.17. The van der Waals surface area contributed by atoms with Crippen molar-refractivity contribution in [3.63, 3.8) is 0 Å². The average Bonchev–Trinajstić information content (AvgIpc) is 2.64. The molecule has 4 nitrogen and oxygen atoms in total. The van der Waals surface area contributed by atoms with Gasteiger partial charge in [-0.25, -0.2) is 0 Å². The maximum atomic E-state index is 12.0. The van der Waals surface area contributed by atoms with Gasteiger partial charge in [-0.3, -0.25) is 9.69 Å². The minimum atomic E-state index is -0.870. The Kier molecular flexibility index (Phi) is 5.21. The zero-order valence-corrected chi connectivity index (χ0v) is 14.6. The summed E-state index contributed by atoms with van der Waals surface area (Å²) < 4.78 is 0. The number of carbonyl (C=O) groups is 1. The lowest BCUT2D eigenvalue weighted by Gasteiger charge is -2.41. The second kappa shape index (κ2) is 7.38. The summed E-state index contributed by atoms with van der Waals surface area (Å²) >= 11 is 0. The smallest absolute Gasteiger partial charge is 0.325 e. The normalized spacial score (nSPS) is 18.6. The van der Waals surface area contributed by atoms with Crippen molar-refractivity contribution in [2.75, 3.05) is 13.1 Å². The predicted octanol–water partition coefficient (Wildman–Crippen LogP) is 3.36. The molecule has 1 aliphatic rings. The minimum Gasteiger partial charge on any atom is -0.480 e. The lowest BCUT2D eigenvalue weighted by Crippen LogP contribution is -2.46. The molecule has 2 N–H and O–H groups in total. The van der Waals surface area contributed by atoms with Gasteiger partial charge in [-0.1, -0.05) is 61.5 Å². The first kappa shape index (κ1) is 17.6. The van der Waals surface area contributed by atoms with Gasteiger partial charge in [0.05, 0.1) is 5.60 Å². The highest BCUT2D eigenvalue weighted by Gasteiger charge is 2.38. The number of carboxylic acid groups (broad SMARTS) is 1. The van der Waals surface area contributed by atoms with Gasteiger partial charge in [-0.2, -0.15) is 0 Å². The molecule has 1 aliphatic heterocycles. The number of likely N-dealkylation sites (tertiary alicyclic amines) is 1. The lowest BCUT2D eigenvalue weighted by atomic mass is 9.83. The number of benzene rings is 2. The largest absolute Gasteiger partial charge is 0.480 e. The van der Waals surface area contributed by atoms with Crippen LogP contribution in [0, 0.1) is 0 Å². The molecule has 3 rings (SSSR count). The fourth-order valence-corrected chi connectivity index (χ4v) is 3.80. The molecule has 4 heteroatoms. The third-order valence-corrected chi connectivity index (χ3v) is 5.27. The van der Waals surface area contributed by atoms with Crippen LogP contribution in [0.4, 0.5) is 0 Å². The molecule has 0 amide bonds. The first-order chi connectivity index (χ1) is 12.0. The van der Waals surface area contributed by atoms with Crippen LogP contribution in [0.25, 0.3) is 0 Å². The maximum Gasteiger partial charge on any atom is 0.325 e. The van der Waals surface area contributed by atoms with Crippen molar-refractivity contribution in [3.05, 3.63) is 71.3 Å². The standard InChI is InChI=1S/C21H25NO3/c1-2-16-8-6-7-11-18(16)19(20(23)24)22-14-12-21(25,13-15-22)17-9-4-3-5-10-17/h3-11,19,25H,2,12-15H2,1H3,(H,23,24)/t19-/m1/s1. The molecule has 1 atom stereocenters. The summed E-state index contributed by atoms with van der Waals surface area (Å²) in [6, 6.07) is 16.8. The first-order valence-corrected chi connectivity index (χ1v) is 8.88. The zero-order valence-electron chi connectivity index (χ0n) is 14.6. The van der Waals surface area contributed by atoms with Crippen LogP contribution in [-0.2, 0) is 16.8 Å². The summed E-state index contributed by atoms with van der Waals surface area (Å²) in [5.74, 6) is -0.828. The van der Waals surface area contributed by atoms with Crippen molar-refractivity contribution in [2.24, 2.45) is 0 Å². The van der Waals surface area contributed by atoms with Crippen LogP contribution in [0.15, 0.2) is 54.6 Å². The Bertz CT molecular complexity index is 721. The van der Waals surface area contributed by atoms with E-state index >= 15 is 0 Å². The van der Waals surface area contributed by atoms with Crippen molar-refractivity contribution in [1.29, 1.82) is 0 Å². The highest BCUT2D eigenvalue weighted by atomic mass is 16.4. The van der Waals surface area contributed by atoms with E-state index in [9.17, 15) is 15.0 Å². The minimum absolute atomic E-state index is 0.537. The van der Waals surface area contributed by atoms with E-state index < -0.39 is 17.6 Å². The molecule has 0 bridgehead atoms. The molecule has 0 aromatic heterocycles. The Morgan fingerprint density at radius 2 is 1.68 bits per heavy atom. The summed E-state index contributed by atoms with van der Waals surface area (Å²) in [5, 5.41) is 20.8. The third kappa shape index (κ3) is 3.60. The summed E-state index contributed by atoms with van der Waals surface area (Å²) in [6.07, 6.45) is 1.88. The fourth-order valence-electron chi connectivity index (χ4n) is 3.80. The van der Waals surface area contributed by atoms with Gasteiger partial charge in [0.25, 0.3) is 0 Å². The summed E-state index contributed by atoms with van der Waals surface area (Å²) in [5.41, 5.74) is 1.97. The number of hydrogen-bond acceptors (Lipinski definition) is 3. The van der Waals surface area contributed by atoms with Crippen LogP contribution < -0.4 is 0 Å². The highest BCUT2D eigenvalue weighted by molar-refractivity contribution is 5.76. The number of aryl methyl sites for hydroxylation is 1. The van der Waals surface area contributed by atoms with Crippen molar-refractivity contribution in [1.82, 2.24) is 4.90 Å². The molecule has 0 aliphatic carbocycles. The average molecular weight is 339 g/mol. The van der Waals surface area contributed by atoms with E-state index in [1.54, 1.807) is 0 Å². The summed E-state index contributed by atoms with van der Waals surface area (Å²) in [7, 11) is 0. The topological polar surface area (TPSA) is 60.8 Å². The molecule has 0 unspecified atom stereocenters. The monoisotopic (exact) mass is 339 g/mol. The number of aliphatic hydroxyl groups is 1. The molecule has 132 valence electrons. The lowest BCUT2D eigenvalue weighted by molar-refractivity contribution is -0.146. The first-order valence-electron chi connectivity index (χ1n) is 8.88. The highest BCUT2D eigenvalue weighted by Crippen LogP contribution is 2.36. The van der Waals surface area contributed by atoms with E-state index in [1.807, 2.05) is 66.4 Å². The van der Waals surface area contributed by atoms with Crippen molar-refractivity contribution < 1.29 is 15.0 Å². The van der Waals surface area contributed by atoms with Crippen LogP contribution in [0.5, 0.6) is 0 Å². The number of piperidine rings is 1. The van der Waals surface area contributed by atoms with Crippen molar-refractivity contribution in [2.45, 2.75) is 37.8 Å². The van der Waals surface area contributed by atoms with E-state index in [4.69, 9.17) is 0 Å². The molecule has 1 saturated heterocycles. The summed E-state index contributed by atoms with van der Waals surface area (Å²) in [6.45, 7) is 3.16. The Balaban J connectivity index is 1.81. The van der Waals surface area contributed by atoms with Gasteiger partial charge in [-0.05, 0) is 36.0 Å². The van der Waals surface area contributed by atoms with E-state index in [0.717, 1.165) is 23.1 Å². The molecule has 1 fully saturated rings. The predicted molar refractivity (Wildman–Crippen MR) is 97.3 cm³/mol. The fraction of sp³-hybridized carbons (Fsp3) is 0.381. The SMILES string of the molecule is CCc1ccccc1[C@H](C(=O)O)N1CCC(O)(c2ccccc2)CC1. The van der Waals surface area contributed by atoms with Crippen LogP contribution >= 0.6 is 0 Å². The van der Waals surface area contributed by atoms with Gasteiger partial charge in [0.15, 0.2) is 0 Å². The quantitative estimate of drug-likeness (QED) is 0.877. The van der Waals surface area contributed by atoms with Crippen LogP contribution in [-0.4, -0.2) is 34.2 Å². The van der Waals surface area contributed by atoms with Gasteiger partial charge >= 0.3 is 5.97 Å². The Morgan fingerprint density at radius 1 is 1.08 bits per heavy atom. The number of rotatable bonds is 5. The Morgan fingerprint density at radius 3 is 2.28 bits per heavy atom.